The fourth-order valence-electron chi connectivity index (χ4n) is 4.20. The molecule has 3 heterocycles. The lowest BCUT2D eigenvalue weighted by Crippen LogP contribution is -2.50. The summed E-state index contributed by atoms with van der Waals surface area (Å²) < 4.78 is 34.5. The SMILES string of the molecule is CNC(=O)OC1(c2cnn(C)c2)CCCN(c2cnc(-c3ccc(F)c(F)c3)cc2CO)C1. The van der Waals surface area contributed by atoms with Crippen molar-refractivity contribution in [3.05, 3.63) is 65.6 Å². The largest absolute Gasteiger partial charge is 0.436 e. The number of nitrogens with one attached hydrogen (secondary N) is 1. The number of pyridine rings is 1. The lowest BCUT2D eigenvalue weighted by Gasteiger charge is -2.43. The Morgan fingerprint density at radius 1 is 1.27 bits per heavy atom. The molecule has 0 aliphatic carbocycles. The highest BCUT2D eigenvalue weighted by Crippen LogP contribution is 2.38. The second kappa shape index (κ2) is 9.14. The highest BCUT2D eigenvalue weighted by Gasteiger charge is 2.42. The van der Waals surface area contributed by atoms with E-state index in [0.717, 1.165) is 24.1 Å². The molecule has 4 rings (SSSR count). The Hall–Kier alpha value is -3.53. The second-order valence-corrected chi connectivity index (χ2v) is 8.05. The first-order chi connectivity index (χ1) is 15.8. The highest BCUT2D eigenvalue weighted by molar-refractivity contribution is 5.68. The number of aliphatic hydroxyl groups excluding tert-OH is 1. The average Bonchev–Trinajstić information content (AvgIpc) is 3.27. The smallest absolute Gasteiger partial charge is 0.407 e. The first kappa shape index (κ1) is 22.7. The molecule has 8 nitrogen and oxygen atoms in total. The number of hydrogen-bond donors (Lipinski definition) is 2. The van der Waals surface area contributed by atoms with E-state index in [4.69, 9.17) is 4.74 Å². The number of carbonyl (C=O) groups is 1. The average molecular weight is 457 g/mol. The predicted molar refractivity (Wildman–Crippen MR) is 117 cm³/mol. The summed E-state index contributed by atoms with van der Waals surface area (Å²) in [5.74, 6) is -1.90. The number of piperidine rings is 1. The van der Waals surface area contributed by atoms with E-state index < -0.39 is 23.3 Å². The molecule has 1 aliphatic rings. The van der Waals surface area contributed by atoms with Gasteiger partial charge in [0.1, 0.15) is 0 Å². The first-order valence-electron chi connectivity index (χ1n) is 10.6. The van der Waals surface area contributed by atoms with Crippen LogP contribution < -0.4 is 10.2 Å². The minimum absolute atomic E-state index is 0.277. The molecule has 1 aliphatic heterocycles. The molecule has 0 saturated carbocycles. The molecule has 3 aromatic rings. The number of ether oxygens (including phenoxy) is 1. The first-order valence-corrected chi connectivity index (χ1v) is 10.6. The number of aromatic nitrogens is 3. The summed E-state index contributed by atoms with van der Waals surface area (Å²) in [6, 6.07) is 5.21. The lowest BCUT2D eigenvalue weighted by atomic mass is 9.86. The van der Waals surface area contributed by atoms with E-state index in [9.17, 15) is 18.7 Å². The van der Waals surface area contributed by atoms with Gasteiger partial charge in [0.25, 0.3) is 0 Å². The highest BCUT2D eigenvalue weighted by atomic mass is 19.2. The standard InChI is InChI=1S/C23H25F2N5O3/c1-26-22(32)33-23(17-10-28-29(2)12-17)6-3-7-30(14-23)21-11-27-20(9-16(21)13-31)15-4-5-18(24)19(25)8-15/h4-5,8-12,31H,3,6-7,13-14H2,1-2H3,(H,26,32). The van der Waals surface area contributed by atoms with E-state index in [1.807, 2.05) is 11.1 Å². The minimum atomic E-state index is -0.965. The van der Waals surface area contributed by atoms with Gasteiger partial charge in [0.05, 0.1) is 36.9 Å². The number of anilines is 1. The molecular weight excluding hydrogens is 432 g/mol. The maximum atomic E-state index is 13.7. The summed E-state index contributed by atoms with van der Waals surface area (Å²) in [5, 5.41) is 16.8. The Balaban J connectivity index is 1.69. The van der Waals surface area contributed by atoms with Gasteiger partial charge in [-0.15, -0.1) is 0 Å². The van der Waals surface area contributed by atoms with Crippen molar-refractivity contribution in [3.63, 3.8) is 0 Å². The number of aliphatic hydroxyl groups is 1. The molecule has 1 saturated heterocycles. The Morgan fingerprint density at radius 2 is 2.09 bits per heavy atom. The van der Waals surface area contributed by atoms with Crippen LogP contribution in [0.2, 0.25) is 0 Å². The molecule has 33 heavy (non-hydrogen) atoms. The van der Waals surface area contributed by atoms with E-state index >= 15 is 0 Å². The third-order valence-corrected chi connectivity index (χ3v) is 5.87. The number of amides is 1. The van der Waals surface area contributed by atoms with Crippen LogP contribution in [0.25, 0.3) is 11.3 Å². The summed E-state index contributed by atoms with van der Waals surface area (Å²) in [6.45, 7) is 0.727. The second-order valence-electron chi connectivity index (χ2n) is 8.05. The fraction of sp³-hybridized carbons (Fsp3) is 0.348. The summed E-state index contributed by atoms with van der Waals surface area (Å²) >= 11 is 0. The van der Waals surface area contributed by atoms with Gasteiger partial charge in [0.15, 0.2) is 17.2 Å². The van der Waals surface area contributed by atoms with Gasteiger partial charge in [-0.3, -0.25) is 9.67 Å². The van der Waals surface area contributed by atoms with Gasteiger partial charge in [0, 0.05) is 43.5 Å². The van der Waals surface area contributed by atoms with Gasteiger partial charge >= 0.3 is 6.09 Å². The number of halogens is 2. The maximum absolute atomic E-state index is 13.7. The van der Waals surface area contributed by atoms with Crippen LogP contribution in [0.5, 0.6) is 0 Å². The zero-order valence-corrected chi connectivity index (χ0v) is 18.4. The van der Waals surface area contributed by atoms with Crippen molar-refractivity contribution < 1.29 is 23.4 Å². The van der Waals surface area contributed by atoms with Crippen LogP contribution in [-0.2, 0) is 24.0 Å². The molecule has 1 fully saturated rings. The van der Waals surface area contributed by atoms with E-state index in [1.54, 1.807) is 30.2 Å². The van der Waals surface area contributed by atoms with Crippen LogP contribution in [0.1, 0.15) is 24.0 Å². The Bertz CT molecular complexity index is 1170. The maximum Gasteiger partial charge on any atom is 0.407 e. The Labute approximate surface area is 189 Å². The van der Waals surface area contributed by atoms with Crippen LogP contribution >= 0.6 is 0 Å². The summed E-state index contributed by atoms with van der Waals surface area (Å²) in [7, 11) is 3.30. The summed E-state index contributed by atoms with van der Waals surface area (Å²) in [5.41, 5.74) is 1.91. The van der Waals surface area contributed by atoms with Crippen molar-refractivity contribution in [1.82, 2.24) is 20.1 Å². The normalized spacial score (nSPS) is 18.3. The molecule has 2 aromatic heterocycles. The number of nitrogens with zero attached hydrogens (tertiary/aromatic N) is 4. The quantitative estimate of drug-likeness (QED) is 0.612. The van der Waals surface area contributed by atoms with Crippen molar-refractivity contribution in [3.8, 4) is 11.3 Å². The zero-order valence-electron chi connectivity index (χ0n) is 18.4. The Morgan fingerprint density at radius 3 is 2.76 bits per heavy atom. The number of alkyl carbamates (subject to hydrolysis) is 1. The minimum Gasteiger partial charge on any atom is -0.436 e. The summed E-state index contributed by atoms with van der Waals surface area (Å²) in [6.07, 6.45) is 5.89. The van der Waals surface area contributed by atoms with Gasteiger partial charge in [-0.05, 0) is 37.1 Å². The van der Waals surface area contributed by atoms with Crippen LogP contribution in [0.15, 0.2) is 42.9 Å². The fourth-order valence-corrected chi connectivity index (χ4v) is 4.20. The molecule has 0 spiro atoms. The van der Waals surface area contributed by atoms with E-state index in [2.05, 4.69) is 15.4 Å². The van der Waals surface area contributed by atoms with Crippen molar-refractivity contribution in [2.75, 3.05) is 25.0 Å². The molecule has 1 aromatic carbocycles. The van der Waals surface area contributed by atoms with Gasteiger partial charge in [-0.2, -0.15) is 5.10 Å². The monoisotopic (exact) mass is 457 g/mol. The third-order valence-electron chi connectivity index (χ3n) is 5.87. The van der Waals surface area contributed by atoms with E-state index in [-0.39, 0.29) is 6.61 Å². The van der Waals surface area contributed by atoms with Gasteiger partial charge in [-0.1, -0.05) is 0 Å². The van der Waals surface area contributed by atoms with Gasteiger partial charge in [-0.25, -0.2) is 13.6 Å². The van der Waals surface area contributed by atoms with Crippen LogP contribution in [-0.4, -0.2) is 46.1 Å². The number of carbonyl (C=O) groups excluding carboxylic acids is 1. The molecule has 174 valence electrons. The summed E-state index contributed by atoms with van der Waals surface area (Å²) in [4.78, 5) is 18.6. The van der Waals surface area contributed by atoms with Crippen molar-refractivity contribution >= 4 is 11.8 Å². The van der Waals surface area contributed by atoms with Gasteiger partial charge in [0.2, 0.25) is 0 Å². The number of hydrogen-bond acceptors (Lipinski definition) is 6. The van der Waals surface area contributed by atoms with E-state index in [1.165, 1.54) is 13.1 Å². The molecule has 0 radical (unpaired) electrons. The van der Waals surface area contributed by atoms with Gasteiger partial charge < -0.3 is 20.1 Å². The van der Waals surface area contributed by atoms with Crippen molar-refractivity contribution in [1.29, 1.82) is 0 Å². The van der Waals surface area contributed by atoms with E-state index in [0.29, 0.717) is 42.0 Å². The van der Waals surface area contributed by atoms with Crippen LogP contribution in [0.4, 0.5) is 19.3 Å². The molecule has 1 unspecified atom stereocenters. The zero-order chi connectivity index (χ0) is 23.6. The molecule has 1 atom stereocenters. The number of aryl methyl sites for hydroxylation is 1. The van der Waals surface area contributed by atoms with Crippen LogP contribution in [0.3, 0.4) is 0 Å². The Kier molecular flexibility index (Phi) is 6.28. The number of benzene rings is 1. The topological polar surface area (TPSA) is 92.5 Å². The molecule has 10 heteroatoms. The molecule has 0 bridgehead atoms. The molecule has 2 N–H and O–H groups in total. The molecule has 1 amide bonds. The van der Waals surface area contributed by atoms with Crippen LogP contribution in [0, 0.1) is 11.6 Å². The predicted octanol–water partition coefficient (Wildman–Crippen LogP) is 3.10. The third kappa shape index (κ3) is 4.51. The van der Waals surface area contributed by atoms with Crippen molar-refractivity contribution in [2.24, 2.45) is 7.05 Å². The molecular formula is C23H25F2N5O3. The number of rotatable bonds is 5. The lowest BCUT2D eigenvalue weighted by molar-refractivity contribution is -0.00267. The van der Waals surface area contributed by atoms with Crippen molar-refractivity contribution in [2.45, 2.75) is 25.0 Å².